The summed E-state index contributed by atoms with van der Waals surface area (Å²) in [5, 5.41) is 8.82. The Morgan fingerprint density at radius 1 is 1.29 bits per heavy atom. The van der Waals surface area contributed by atoms with Crippen LogP contribution in [0.3, 0.4) is 0 Å². The monoisotopic (exact) mass is 236 g/mol. The lowest BCUT2D eigenvalue weighted by molar-refractivity contribution is -0.135. The molecule has 92 valence electrons. The Bertz CT molecular complexity index is 412. The molecule has 0 radical (unpaired) electrons. The van der Waals surface area contributed by atoms with Gasteiger partial charge in [0.25, 0.3) is 0 Å². The first-order valence-electron chi connectivity index (χ1n) is 5.30. The first kappa shape index (κ1) is 13.0. The molecule has 5 heteroatoms. The van der Waals surface area contributed by atoms with Crippen LogP contribution >= 0.6 is 0 Å². The lowest BCUT2D eigenvalue weighted by atomic mass is 10.1. The van der Waals surface area contributed by atoms with Crippen molar-refractivity contribution >= 4 is 17.6 Å². The Morgan fingerprint density at radius 3 is 2.18 bits per heavy atom. The van der Waals surface area contributed by atoms with Crippen LogP contribution in [0.4, 0.5) is 5.69 Å². The van der Waals surface area contributed by atoms with Gasteiger partial charge in [-0.1, -0.05) is 0 Å². The summed E-state index contributed by atoms with van der Waals surface area (Å²) in [5.41, 5.74) is 6.30. The topological polar surface area (TPSA) is 83.6 Å². The number of rotatable bonds is 5. The lowest BCUT2D eigenvalue weighted by Gasteiger charge is -2.27. The van der Waals surface area contributed by atoms with E-state index < -0.39 is 11.9 Å². The molecule has 0 bridgehead atoms. The number of nitrogens with zero attached hydrogens (tertiary/aromatic N) is 1. The van der Waals surface area contributed by atoms with Crippen LogP contribution in [-0.2, 0) is 4.79 Å². The Balaban J connectivity index is 2.95. The van der Waals surface area contributed by atoms with Gasteiger partial charge in [-0.15, -0.1) is 0 Å². The molecule has 3 N–H and O–H groups in total. The van der Waals surface area contributed by atoms with E-state index in [1.807, 2.05) is 13.8 Å². The quantitative estimate of drug-likeness (QED) is 0.801. The van der Waals surface area contributed by atoms with Crippen molar-refractivity contribution in [2.75, 3.05) is 11.4 Å². The third-order valence-corrected chi connectivity index (χ3v) is 2.41. The Morgan fingerprint density at radius 2 is 1.82 bits per heavy atom. The number of aliphatic carboxylic acids is 1. The standard InChI is InChI=1S/C12H16N2O3/c1-8(2)14(7-11(15)16)10-5-3-9(4-6-10)12(13)17/h3-6,8H,7H2,1-2H3,(H2,13,17)(H,15,16). The summed E-state index contributed by atoms with van der Waals surface area (Å²) in [7, 11) is 0. The van der Waals surface area contributed by atoms with Crippen LogP contribution in [0, 0.1) is 0 Å². The van der Waals surface area contributed by atoms with Gasteiger partial charge in [0, 0.05) is 17.3 Å². The Labute approximate surface area is 99.8 Å². The maximum absolute atomic E-state index is 10.9. The minimum absolute atomic E-state index is 0.0607. The van der Waals surface area contributed by atoms with Crippen molar-refractivity contribution in [1.29, 1.82) is 0 Å². The normalized spacial score (nSPS) is 10.3. The van der Waals surface area contributed by atoms with Crippen molar-refractivity contribution in [2.45, 2.75) is 19.9 Å². The average molecular weight is 236 g/mol. The minimum atomic E-state index is -0.891. The van der Waals surface area contributed by atoms with Crippen molar-refractivity contribution in [2.24, 2.45) is 5.73 Å². The third-order valence-electron chi connectivity index (χ3n) is 2.41. The maximum Gasteiger partial charge on any atom is 0.323 e. The highest BCUT2D eigenvalue weighted by Crippen LogP contribution is 2.17. The summed E-state index contributed by atoms with van der Waals surface area (Å²) in [5.74, 6) is -1.39. The molecule has 0 spiro atoms. The van der Waals surface area contributed by atoms with Gasteiger partial charge in [-0.2, -0.15) is 0 Å². The number of hydrogen-bond donors (Lipinski definition) is 2. The molecule has 0 saturated carbocycles. The molecule has 1 rings (SSSR count). The first-order valence-corrected chi connectivity index (χ1v) is 5.30. The second kappa shape index (κ2) is 5.34. The molecule has 5 nitrogen and oxygen atoms in total. The second-order valence-corrected chi connectivity index (χ2v) is 4.03. The van der Waals surface area contributed by atoms with Crippen molar-refractivity contribution in [3.05, 3.63) is 29.8 Å². The van der Waals surface area contributed by atoms with Crippen LogP contribution in [-0.4, -0.2) is 29.6 Å². The van der Waals surface area contributed by atoms with E-state index in [4.69, 9.17) is 10.8 Å². The summed E-state index contributed by atoms with van der Waals surface area (Å²) in [6.07, 6.45) is 0. The molecule has 0 aliphatic carbocycles. The number of benzene rings is 1. The molecular weight excluding hydrogens is 220 g/mol. The van der Waals surface area contributed by atoms with E-state index in [1.54, 1.807) is 29.2 Å². The fourth-order valence-electron chi connectivity index (χ4n) is 1.53. The van der Waals surface area contributed by atoms with Crippen LogP contribution in [0.5, 0.6) is 0 Å². The zero-order chi connectivity index (χ0) is 13.0. The van der Waals surface area contributed by atoms with E-state index in [0.717, 1.165) is 5.69 Å². The smallest absolute Gasteiger partial charge is 0.323 e. The van der Waals surface area contributed by atoms with Gasteiger partial charge in [0.05, 0.1) is 0 Å². The molecule has 0 saturated heterocycles. The minimum Gasteiger partial charge on any atom is -0.480 e. The molecule has 0 aromatic heterocycles. The predicted octanol–water partition coefficient (Wildman–Crippen LogP) is 1.08. The molecule has 17 heavy (non-hydrogen) atoms. The highest BCUT2D eigenvalue weighted by atomic mass is 16.4. The van der Waals surface area contributed by atoms with Gasteiger partial charge in [-0.05, 0) is 38.1 Å². The van der Waals surface area contributed by atoms with E-state index in [0.29, 0.717) is 5.56 Å². The molecule has 1 aromatic rings. The number of amides is 1. The zero-order valence-corrected chi connectivity index (χ0v) is 9.88. The fraction of sp³-hybridized carbons (Fsp3) is 0.333. The van der Waals surface area contributed by atoms with Crippen LogP contribution < -0.4 is 10.6 Å². The number of nitrogens with two attached hydrogens (primary N) is 1. The molecule has 1 aromatic carbocycles. The van der Waals surface area contributed by atoms with E-state index in [9.17, 15) is 9.59 Å². The zero-order valence-electron chi connectivity index (χ0n) is 9.88. The molecule has 0 aliphatic heterocycles. The van der Waals surface area contributed by atoms with E-state index >= 15 is 0 Å². The van der Waals surface area contributed by atoms with Crippen LogP contribution in [0.1, 0.15) is 24.2 Å². The number of anilines is 1. The molecule has 1 amide bonds. The van der Waals surface area contributed by atoms with Crippen molar-refractivity contribution in [3.63, 3.8) is 0 Å². The predicted molar refractivity (Wildman–Crippen MR) is 65.1 cm³/mol. The summed E-state index contributed by atoms with van der Waals surface area (Å²) in [6.45, 7) is 3.74. The van der Waals surface area contributed by atoms with Gasteiger partial charge in [-0.3, -0.25) is 9.59 Å². The van der Waals surface area contributed by atoms with Crippen LogP contribution in [0.15, 0.2) is 24.3 Å². The van der Waals surface area contributed by atoms with Crippen molar-refractivity contribution < 1.29 is 14.7 Å². The number of primary amides is 1. The Hall–Kier alpha value is -2.04. The SMILES string of the molecule is CC(C)N(CC(=O)O)c1ccc(C(N)=O)cc1. The van der Waals surface area contributed by atoms with Gasteiger partial charge in [0.2, 0.25) is 5.91 Å². The second-order valence-electron chi connectivity index (χ2n) is 4.03. The Kier molecular flexibility index (Phi) is 4.09. The van der Waals surface area contributed by atoms with Gasteiger partial charge >= 0.3 is 5.97 Å². The van der Waals surface area contributed by atoms with E-state index in [2.05, 4.69) is 0 Å². The summed E-state index contributed by atoms with van der Waals surface area (Å²) in [4.78, 5) is 23.4. The van der Waals surface area contributed by atoms with E-state index in [-0.39, 0.29) is 12.6 Å². The van der Waals surface area contributed by atoms with Gasteiger partial charge in [0.1, 0.15) is 6.54 Å². The molecule has 0 unspecified atom stereocenters. The number of carbonyl (C=O) groups is 2. The first-order chi connectivity index (χ1) is 7.91. The van der Waals surface area contributed by atoms with Gasteiger partial charge in [-0.25, -0.2) is 0 Å². The summed E-state index contributed by atoms with van der Waals surface area (Å²) < 4.78 is 0. The number of carboxylic acids is 1. The summed E-state index contributed by atoms with van der Waals surface area (Å²) >= 11 is 0. The molecule has 0 heterocycles. The van der Waals surface area contributed by atoms with E-state index in [1.165, 1.54) is 0 Å². The summed E-state index contributed by atoms with van der Waals surface area (Å²) in [6, 6.07) is 6.64. The molecular formula is C12H16N2O3. The van der Waals surface area contributed by atoms with Gasteiger partial charge in [0.15, 0.2) is 0 Å². The number of carbonyl (C=O) groups excluding carboxylic acids is 1. The number of hydrogen-bond acceptors (Lipinski definition) is 3. The highest BCUT2D eigenvalue weighted by Gasteiger charge is 2.14. The highest BCUT2D eigenvalue weighted by molar-refractivity contribution is 5.93. The van der Waals surface area contributed by atoms with Crippen LogP contribution in [0.25, 0.3) is 0 Å². The van der Waals surface area contributed by atoms with Crippen molar-refractivity contribution in [3.8, 4) is 0 Å². The molecule has 0 aliphatic rings. The third kappa shape index (κ3) is 3.48. The lowest BCUT2D eigenvalue weighted by Crippen LogP contribution is -2.35. The maximum atomic E-state index is 10.9. The van der Waals surface area contributed by atoms with Crippen molar-refractivity contribution in [1.82, 2.24) is 0 Å². The average Bonchev–Trinajstić information content (AvgIpc) is 2.25. The van der Waals surface area contributed by atoms with Crippen LogP contribution in [0.2, 0.25) is 0 Å². The molecule has 0 atom stereocenters. The fourth-order valence-corrected chi connectivity index (χ4v) is 1.53. The van der Waals surface area contributed by atoms with Gasteiger partial charge < -0.3 is 15.7 Å². The molecule has 0 fully saturated rings. The largest absolute Gasteiger partial charge is 0.480 e. The number of carboxylic acid groups (broad SMARTS) is 1.